The molecule has 0 aliphatic carbocycles. The van der Waals surface area contributed by atoms with Gasteiger partial charge in [-0.15, -0.1) is 0 Å². The van der Waals surface area contributed by atoms with E-state index in [2.05, 4.69) is 10.6 Å². The van der Waals surface area contributed by atoms with E-state index in [1.165, 1.54) is 16.4 Å². The van der Waals surface area contributed by atoms with Crippen LogP contribution in [-0.2, 0) is 26.2 Å². The molecule has 2 aromatic rings. The summed E-state index contributed by atoms with van der Waals surface area (Å²) in [4.78, 5) is 25.0. The van der Waals surface area contributed by atoms with Crippen molar-refractivity contribution in [3.8, 4) is 0 Å². The average Bonchev–Trinajstić information content (AvgIpc) is 2.78. The van der Waals surface area contributed by atoms with Gasteiger partial charge in [0.15, 0.2) is 0 Å². The lowest BCUT2D eigenvalue weighted by molar-refractivity contribution is -0.131. The molecule has 0 bridgehead atoms. The summed E-state index contributed by atoms with van der Waals surface area (Å²) in [5, 5.41) is 5.46. The molecule has 1 aliphatic rings. The van der Waals surface area contributed by atoms with Crippen molar-refractivity contribution < 1.29 is 22.4 Å². The fraction of sp³-hybridized carbons (Fsp3) is 0.364. The Labute approximate surface area is 181 Å². The first kappa shape index (κ1) is 22.9. The van der Waals surface area contributed by atoms with E-state index in [1.807, 2.05) is 30.3 Å². The number of benzene rings is 2. The lowest BCUT2D eigenvalue weighted by atomic mass is 9.98. The van der Waals surface area contributed by atoms with Crippen molar-refractivity contribution in [1.82, 2.24) is 14.9 Å². The van der Waals surface area contributed by atoms with Gasteiger partial charge in [-0.1, -0.05) is 30.3 Å². The quantitative estimate of drug-likeness (QED) is 0.679. The number of nitrogens with one attached hydrogen (secondary N) is 2. The fourth-order valence-electron chi connectivity index (χ4n) is 3.47. The van der Waals surface area contributed by atoms with Crippen LogP contribution >= 0.6 is 0 Å². The van der Waals surface area contributed by atoms with Gasteiger partial charge in [-0.2, -0.15) is 4.31 Å². The highest BCUT2D eigenvalue weighted by molar-refractivity contribution is 7.89. The lowest BCUT2D eigenvalue weighted by Gasteiger charge is -2.31. The Morgan fingerprint density at radius 3 is 2.48 bits per heavy atom. The number of rotatable bonds is 7. The van der Waals surface area contributed by atoms with Crippen LogP contribution in [0.4, 0.5) is 4.39 Å². The van der Waals surface area contributed by atoms with Crippen LogP contribution in [0.2, 0.25) is 0 Å². The molecule has 0 aromatic heterocycles. The van der Waals surface area contributed by atoms with Crippen LogP contribution < -0.4 is 10.6 Å². The molecule has 1 saturated heterocycles. The van der Waals surface area contributed by atoms with Crippen LogP contribution in [0.3, 0.4) is 0 Å². The molecule has 7 nitrogen and oxygen atoms in total. The monoisotopic (exact) mass is 447 g/mol. The van der Waals surface area contributed by atoms with E-state index in [0.717, 1.165) is 17.7 Å². The molecule has 0 saturated carbocycles. The molecule has 9 heteroatoms. The molecule has 0 spiro atoms. The Balaban J connectivity index is 1.56. The Morgan fingerprint density at radius 1 is 1.13 bits per heavy atom. The topological polar surface area (TPSA) is 95.6 Å². The summed E-state index contributed by atoms with van der Waals surface area (Å²) < 4.78 is 40.0. The lowest BCUT2D eigenvalue weighted by Crippen LogP contribution is -2.50. The number of sulfonamides is 1. The second-order valence-electron chi connectivity index (χ2n) is 7.59. The van der Waals surface area contributed by atoms with Gasteiger partial charge in [0.2, 0.25) is 21.8 Å². The highest BCUT2D eigenvalue weighted by Crippen LogP contribution is 2.24. The molecule has 2 atom stereocenters. The smallest absolute Gasteiger partial charge is 0.243 e. The first-order valence-corrected chi connectivity index (χ1v) is 11.6. The number of piperidine rings is 1. The van der Waals surface area contributed by atoms with Crippen LogP contribution in [0, 0.1) is 11.7 Å². The number of nitrogens with zero attached hydrogens (tertiary/aromatic N) is 1. The third kappa shape index (κ3) is 5.89. The van der Waals surface area contributed by atoms with Gasteiger partial charge in [0.05, 0.1) is 10.8 Å². The van der Waals surface area contributed by atoms with E-state index in [9.17, 15) is 22.4 Å². The number of hydrogen-bond acceptors (Lipinski definition) is 4. The molecule has 166 valence electrons. The summed E-state index contributed by atoms with van der Waals surface area (Å²) in [6.45, 7) is 2.25. The third-order valence-corrected chi connectivity index (χ3v) is 7.15. The van der Waals surface area contributed by atoms with Gasteiger partial charge in [-0.25, -0.2) is 12.8 Å². The molecule has 3 rings (SSSR count). The van der Waals surface area contributed by atoms with Gasteiger partial charge in [0, 0.05) is 19.6 Å². The van der Waals surface area contributed by atoms with Crippen molar-refractivity contribution in [1.29, 1.82) is 0 Å². The minimum Gasteiger partial charge on any atom is -0.350 e. The summed E-state index contributed by atoms with van der Waals surface area (Å²) in [6.07, 6.45) is 1.05. The molecule has 31 heavy (non-hydrogen) atoms. The second-order valence-corrected chi connectivity index (χ2v) is 9.53. The number of hydrogen-bond donors (Lipinski definition) is 2. The summed E-state index contributed by atoms with van der Waals surface area (Å²) >= 11 is 0. The normalized spacial score (nSPS) is 18.2. The molecule has 0 unspecified atom stereocenters. The Morgan fingerprint density at radius 2 is 1.81 bits per heavy atom. The van der Waals surface area contributed by atoms with E-state index in [4.69, 9.17) is 0 Å². The molecule has 2 amide bonds. The maximum absolute atomic E-state index is 13.1. The Kier molecular flexibility index (Phi) is 7.40. The van der Waals surface area contributed by atoms with Gasteiger partial charge in [-0.05, 0) is 49.6 Å². The van der Waals surface area contributed by atoms with E-state index in [0.29, 0.717) is 19.4 Å². The summed E-state index contributed by atoms with van der Waals surface area (Å²) in [5.74, 6) is -1.76. The molecular weight excluding hydrogens is 421 g/mol. The van der Waals surface area contributed by atoms with E-state index in [-0.39, 0.29) is 29.8 Å². The van der Waals surface area contributed by atoms with Crippen LogP contribution in [-0.4, -0.2) is 43.7 Å². The van der Waals surface area contributed by atoms with Crippen LogP contribution in [0.15, 0.2) is 59.5 Å². The van der Waals surface area contributed by atoms with Crippen LogP contribution in [0.25, 0.3) is 0 Å². The first-order chi connectivity index (χ1) is 14.8. The van der Waals surface area contributed by atoms with Crippen molar-refractivity contribution in [2.45, 2.75) is 37.2 Å². The van der Waals surface area contributed by atoms with Gasteiger partial charge in [0.1, 0.15) is 11.9 Å². The van der Waals surface area contributed by atoms with Crippen molar-refractivity contribution in [2.75, 3.05) is 13.1 Å². The third-order valence-electron chi connectivity index (χ3n) is 5.27. The molecule has 1 fully saturated rings. The zero-order valence-corrected chi connectivity index (χ0v) is 18.1. The number of halogens is 1. The maximum atomic E-state index is 13.1. The Hall–Kier alpha value is -2.78. The van der Waals surface area contributed by atoms with E-state index in [1.54, 1.807) is 6.92 Å². The van der Waals surface area contributed by atoms with Crippen molar-refractivity contribution in [3.63, 3.8) is 0 Å². The van der Waals surface area contributed by atoms with Crippen molar-refractivity contribution in [3.05, 3.63) is 66.0 Å². The highest BCUT2D eigenvalue weighted by atomic mass is 32.2. The van der Waals surface area contributed by atoms with Crippen LogP contribution in [0.1, 0.15) is 25.3 Å². The highest BCUT2D eigenvalue weighted by Gasteiger charge is 2.34. The summed E-state index contributed by atoms with van der Waals surface area (Å²) in [5.41, 5.74) is 0.947. The maximum Gasteiger partial charge on any atom is 0.243 e. The average molecular weight is 448 g/mol. The van der Waals surface area contributed by atoms with Crippen molar-refractivity contribution in [2.24, 2.45) is 5.92 Å². The predicted molar refractivity (Wildman–Crippen MR) is 114 cm³/mol. The van der Waals surface area contributed by atoms with Gasteiger partial charge in [0.25, 0.3) is 0 Å². The number of carbonyl (C=O) groups excluding carboxylic acids is 2. The Bertz CT molecular complexity index is 1010. The molecule has 2 N–H and O–H groups in total. The van der Waals surface area contributed by atoms with Gasteiger partial charge in [-0.3, -0.25) is 9.59 Å². The zero-order chi connectivity index (χ0) is 22.4. The zero-order valence-electron chi connectivity index (χ0n) is 17.3. The number of amides is 2. The minimum absolute atomic E-state index is 0.0105. The number of carbonyl (C=O) groups is 2. The SMILES string of the molecule is C[C@H](NC(=O)[C@@H]1CCCN(S(=O)(=O)c2ccc(F)cc2)C1)C(=O)NCc1ccccc1. The van der Waals surface area contributed by atoms with E-state index < -0.39 is 27.8 Å². The largest absolute Gasteiger partial charge is 0.350 e. The molecular formula is C22H26FN3O4S. The minimum atomic E-state index is -3.82. The standard InChI is InChI=1S/C22H26FN3O4S/c1-16(21(27)24-14-17-6-3-2-4-7-17)25-22(28)18-8-5-13-26(15-18)31(29,30)20-11-9-19(23)10-12-20/h2-4,6-7,9-12,16,18H,5,8,13-15H2,1H3,(H,24,27)(H,25,28)/t16-,18+/m0/s1. The van der Waals surface area contributed by atoms with Gasteiger partial charge >= 0.3 is 0 Å². The molecule has 2 aromatic carbocycles. The summed E-state index contributed by atoms with van der Waals surface area (Å²) in [6, 6.07) is 13.3. The van der Waals surface area contributed by atoms with Crippen LogP contribution in [0.5, 0.6) is 0 Å². The predicted octanol–water partition coefficient (Wildman–Crippen LogP) is 2.05. The van der Waals surface area contributed by atoms with Crippen molar-refractivity contribution >= 4 is 21.8 Å². The fourth-order valence-corrected chi connectivity index (χ4v) is 4.99. The molecule has 1 heterocycles. The molecule has 0 radical (unpaired) electrons. The molecule has 1 aliphatic heterocycles. The van der Waals surface area contributed by atoms with E-state index >= 15 is 0 Å². The summed E-state index contributed by atoms with van der Waals surface area (Å²) in [7, 11) is -3.82. The van der Waals surface area contributed by atoms with Gasteiger partial charge < -0.3 is 10.6 Å². The second kappa shape index (κ2) is 10.0. The first-order valence-electron chi connectivity index (χ1n) is 10.1.